The largest absolute Gasteiger partial charge is 0.478 e. The van der Waals surface area contributed by atoms with E-state index in [2.05, 4.69) is 5.32 Å². The minimum absolute atomic E-state index is 0.229. The van der Waals surface area contributed by atoms with Crippen LogP contribution in [0.3, 0.4) is 0 Å². The van der Waals surface area contributed by atoms with Crippen molar-refractivity contribution in [1.29, 1.82) is 0 Å². The highest BCUT2D eigenvalue weighted by Crippen LogP contribution is 2.27. The molecule has 2 aromatic rings. The highest BCUT2D eigenvalue weighted by atomic mass is 35.5. The summed E-state index contributed by atoms with van der Waals surface area (Å²) in [5.74, 6) is -0.433. The molecule has 2 aromatic carbocycles. The summed E-state index contributed by atoms with van der Waals surface area (Å²) in [6.07, 6.45) is 3.23. The van der Waals surface area contributed by atoms with Crippen LogP contribution in [0, 0.1) is 0 Å². The second-order valence-electron chi connectivity index (χ2n) is 8.12. The number of ether oxygens (including phenoxy) is 1. The van der Waals surface area contributed by atoms with Crippen molar-refractivity contribution in [3.05, 3.63) is 64.2 Å². The Morgan fingerprint density at radius 3 is 2.79 bits per heavy atom. The van der Waals surface area contributed by atoms with Crippen molar-refractivity contribution in [3.8, 4) is 5.75 Å². The third-order valence-corrected chi connectivity index (χ3v) is 5.60. The van der Waals surface area contributed by atoms with Crippen molar-refractivity contribution in [1.82, 2.24) is 5.32 Å². The molecule has 0 saturated heterocycles. The molecule has 0 aliphatic heterocycles. The van der Waals surface area contributed by atoms with Crippen molar-refractivity contribution >= 4 is 17.6 Å². The van der Waals surface area contributed by atoms with Crippen LogP contribution in [0.4, 0.5) is 0 Å². The van der Waals surface area contributed by atoms with E-state index < -0.39 is 17.7 Å². The number of aliphatic hydroxyl groups excluding tert-OH is 1. The number of fused-ring (bicyclic) bond motifs is 1. The molecule has 29 heavy (non-hydrogen) atoms. The third kappa shape index (κ3) is 5.72. The Labute approximate surface area is 176 Å². The Kier molecular flexibility index (Phi) is 6.83. The van der Waals surface area contributed by atoms with Gasteiger partial charge in [0.25, 0.3) is 0 Å². The Morgan fingerprint density at radius 1 is 1.28 bits per heavy atom. The maximum Gasteiger partial charge on any atom is 0.347 e. The number of halogens is 1. The van der Waals surface area contributed by atoms with Gasteiger partial charge in [-0.25, -0.2) is 4.79 Å². The highest BCUT2D eigenvalue weighted by molar-refractivity contribution is 6.30. The summed E-state index contributed by atoms with van der Waals surface area (Å²) in [6, 6.07) is 13.3. The van der Waals surface area contributed by atoms with Crippen LogP contribution in [0.1, 0.15) is 49.5 Å². The molecule has 6 heteroatoms. The molecule has 1 aliphatic rings. The molecule has 0 spiro atoms. The lowest BCUT2D eigenvalue weighted by Crippen LogP contribution is -2.38. The maximum absolute atomic E-state index is 11.3. The second kappa shape index (κ2) is 9.16. The number of hydrogen-bond donors (Lipinski definition) is 3. The zero-order valence-electron chi connectivity index (χ0n) is 16.8. The van der Waals surface area contributed by atoms with Crippen LogP contribution in [0.25, 0.3) is 0 Å². The second-order valence-corrected chi connectivity index (χ2v) is 8.56. The summed E-state index contributed by atoms with van der Waals surface area (Å²) >= 11 is 6.02. The molecule has 1 unspecified atom stereocenters. The van der Waals surface area contributed by atoms with Crippen LogP contribution in [-0.2, 0) is 17.6 Å². The minimum atomic E-state index is -1.28. The molecule has 3 rings (SSSR count). The number of aliphatic carboxylic acids is 1. The molecule has 1 aliphatic carbocycles. The van der Waals surface area contributed by atoms with E-state index in [9.17, 15) is 15.0 Å². The number of hydrogen-bond acceptors (Lipinski definition) is 4. The van der Waals surface area contributed by atoms with Gasteiger partial charge in [-0.3, -0.25) is 0 Å². The molecule has 156 valence electrons. The Hall–Kier alpha value is -2.08. The van der Waals surface area contributed by atoms with Crippen LogP contribution >= 0.6 is 11.6 Å². The summed E-state index contributed by atoms with van der Waals surface area (Å²) < 4.78 is 5.70. The third-order valence-electron chi connectivity index (χ3n) is 5.36. The number of aryl methyl sites for hydroxylation is 1. The lowest BCUT2D eigenvalue weighted by Gasteiger charge is -2.23. The van der Waals surface area contributed by atoms with E-state index in [1.165, 1.54) is 5.56 Å². The summed E-state index contributed by atoms with van der Waals surface area (Å²) in [5.41, 5.74) is 1.95. The van der Waals surface area contributed by atoms with E-state index >= 15 is 0 Å². The molecular weight excluding hydrogens is 390 g/mol. The van der Waals surface area contributed by atoms with Crippen LogP contribution in [0.5, 0.6) is 5.75 Å². The van der Waals surface area contributed by atoms with Gasteiger partial charge in [-0.15, -0.1) is 0 Å². The number of aliphatic hydroxyl groups is 1. The van der Waals surface area contributed by atoms with Gasteiger partial charge in [-0.05, 0) is 80.5 Å². The topological polar surface area (TPSA) is 78.8 Å². The fourth-order valence-corrected chi connectivity index (χ4v) is 3.83. The SMILES string of the molecule is CC(C)(Oc1ccc2c(c1)CC(NC[C@H](O)c1cccc(Cl)c1)CCC2)C(=O)O. The van der Waals surface area contributed by atoms with Crippen LogP contribution < -0.4 is 10.1 Å². The summed E-state index contributed by atoms with van der Waals surface area (Å²) in [5, 5.41) is 23.9. The van der Waals surface area contributed by atoms with Crippen LogP contribution in [0.2, 0.25) is 5.02 Å². The molecule has 0 bridgehead atoms. The van der Waals surface area contributed by atoms with Crippen molar-refractivity contribution < 1.29 is 19.7 Å². The van der Waals surface area contributed by atoms with Crippen molar-refractivity contribution in [3.63, 3.8) is 0 Å². The van der Waals surface area contributed by atoms with Crippen molar-refractivity contribution in [2.75, 3.05) is 6.54 Å². The molecule has 0 amide bonds. The molecule has 3 N–H and O–H groups in total. The smallest absolute Gasteiger partial charge is 0.347 e. The van der Waals surface area contributed by atoms with E-state index in [-0.39, 0.29) is 6.04 Å². The van der Waals surface area contributed by atoms with Gasteiger partial charge in [0.05, 0.1) is 6.10 Å². The molecular formula is C23H28ClNO4. The first-order valence-corrected chi connectivity index (χ1v) is 10.3. The average Bonchev–Trinajstić information content (AvgIpc) is 2.87. The van der Waals surface area contributed by atoms with Gasteiger partial charge in [-0.2, -0.15) is 0 Å². The molecule has 2 atom stereocenters. The zero-order chi connectivity index (χ0) is 21.0. The molecule has 0 fully saturated rings. The number of carboxylic acid groups (broad SMARTS) is 1. The Bertz CT molecular complexity index is 868. The Morgan fingerprint density at radius 2 is 2.07 bits per heavy atom. The van der Waals surface area contributed by atoms with E-state index in [0.29, 0.717) is 17.3 Å². The molecule has 0 saturated carbocycles. The first-order valence-electron chi connectivity index (χ1n) is 9.96. The quantitative estimate of drug-likeness (QED) is 0.590. The van der Waals surface area contributed by atoms with Crippen LogP contribution in [0.15, 0.2) is 42.5 Å². The molecule has 0 radical (unpaired) electrons. The maximum atomic E-state index is 11.3. The van der Waals surface area contributed by atoms with Gasteiger partial charge in [0.2, 0.25) is 0 Å². The lowest BCUT2D eigenvalue weighted by molar-refractivity contribution is -0.152. The highest BCUT2D eigenvalue weighted by Gasteiger charge is 2.29. The number of nitrogens with one attached hydrogen (secondary N) is 1. The first-order chi connectivity index (χ1) is 13.7. The van der Waals surface area contributed by atoms with Crippen LogP contribution in [-0.4, -0.2) is 34.4 Å². The molecule has 0 heterocycles. The Balaban J connectivity index is 1.66. The van der Waals surface area contributed by atoms with Gasteiger partial charge in [0.1, 0.15) is 5.75 Å². The standard InChI is InChI=1S/C23H28ClNO4/c1-23(2,22(27)28)29-20-10-9-15-5-4-8-19(12-17(15)13-20)25-14-21(26)16-6-3-7-18(24)11-16/h3,6-7,9-11,13,19,21,25-26H,4-5,8,12,14H2,1-2H3,(H,27,28)/t19?,21-/m0/s1. The van der Waals surface area contributed by atoms with E-state index in [1.54, 1.807) is 26.0 Å². The number of rotatable bonds is 7. The fraction of sp³-hybridized carbons (Fsp3) is 0.435. The van der Waals surface area contributed by atoms with Crippen molar-refractivity contribution in [2.45, 2.75) is 57.3 Å². The van der Waals surface area contributed by atoms with E-state index in [1.807, 2.05) is 30.3 Å². The molecule has 0 aromatic heterocycles. The van der Waals surface area contributed by atoms with Gasteiger partial charge in [0.15, 0.2) is 5.60 Å². The predicted molar refractivity (Wildman–Crippen MR) is 114 cm³/mol. The monoisotopic (exact) mass is 417 g/mol. The van der Waals surface area contributed by atoms with Gasteiger partial charge in [-0.1, -0.05) is 29.8 Å². The fourth-order valence-electron chi connectivity index (χ4n) is 3.63. The summed E-state index contributed by atoms with van der Waals surface area (Å²) in [7, 11) is 0. The summed E-state index contributed by atoms with van der Waals surface area (Å²) in [4.78, 5) is 11.3. The van der Waals surface area contributed by atoms with Gasteiger partial charge in [0, 0.05) is 17.6 Å². The summed E-state index contributed by atoms with van der Waals surface area (Å²) in [6.45, 7) is 3.54. The van der Waals surface area contributed by atoms with E-state index in [0.717, 1.165) is 36.8 Å². The normalized spacial score (nSPS) is 17.9. The number of benzene rings is 2. The number of carbonyl (C=O) groups is 1. The van der Waals surface area contributed by atoms with Crippen molar-refractivity contribution in [2.24, 2.45) is 0 Å². The van der Waals surface area contributed by atoms with E-state index in [4.69, 9.17) is 16.3 Å². The van der Waals surface area contributed by atoms with Gasteiger partial charge < -0.3 is 20.3 Å². The number of carboxylic acids is 1. The first kappa shape index (κ1) is 21.6. The predicted octanol–water partition coefficient (Wildman–Crippen LogP) is 4.15. The lowest BCUT2D eigenvalue weighted by atomic mass is 10.0. The zero-order valence-corrected chi connectivity index (χ0v) is 17.6. The van der Waals surface area contributed by atoms with Gasteiger partial charge >= 0.3 is 5.97 Å². The minimum Gasteiger partial charge on any atom is -0.478 e. The molecule has 5 nitrogen and oxygen atoms in total. The average molecular weight is 418 g/mol.